The van der Waals surface area contributed by atoms with Crippen molar-refractivity contribution < 1.29 is 18.4 Å². The van der Waals surface area contributed by atoms with E-state index < -0.39 is 24.4 Å². The van der Waals surface area contributed by atoms with E-state index in [2.05, 4.69) is 10.6 Å². The molecule has 0 saturated carbocycles. The third kappa shape index (κ3) is 1.35. The highest BCUT2D eigenvalue weighted by Crippen LogP contribution is 2.36. The first-order valence-corrected chi connectivity index (χ1v) is 6.02. The van der Waals surface area contributed by atoms with Crippen LogP contribution in [0.5, 0.6) is 0 Å². The topological polar surface area (TPSA) is 91.0 Å². The van der Waals surface area contributed by atoms with Gasteiger partial charge in [0.1, 0.15) is 11.5 Å². The Hall–Kier alpha value is -2.90. The Balaban J connectivity index is 1.73. The molecule has 2 aromatic rings. The molecule has 2 saturated heterocycles. The number of carbonyl (C=O) groups is 2. The summed E-state index contributed by atoms with van der Waals surface area (Å²) < 4.78 is 10.5. The minimum atomic E-state index is -0.655. The molecule has 0 spiro atoms. The number of amides is 4. The monoisotopic (exact) mass is 274 g/mol. The Morgan fingerprint density at radius 2 is 1.30 bits per heavy atom. The van der Waals surface area contributed by atoms with Gasteiger partial charge in [0.05, 0.1) is 12.5 Å². The summed E-state index contributed by atoms with van der Waals surface area (Å²) in [7, 11) is 0. The van der Waals surface area contributed by atoms with Crippen LogP contribution in [-0.4, -0.2) is 22.1 Å². The van der Waals surface area contributed by atoms with Gasteiger partial charge in [-0.2, -0.15) is 10.0 Å². The fourth-order valence-electron chi connectivity index (χ4n) is 2.44. The summed E-state index contributed by atoms with van der Waals surface area (Å²) in [6, 6.07) is 5.99. The van der Waals surface area contributed by atoms with Gasteiger partial charge < -0.3 is 19.5 Å². The number of urea groups is 2. The lowest BCUT2D eigenvalue weighted by atomic mass is 10.3. The standard InChI is InChI=1S/C12H10N4O4/c17-11-13-9(7-3-1-5-19-7)15-12(18)14-10(16(11)15)8-4-2-6-20-8/h1-6,9-10H,(H,13,17)(H,14,18)/t9-,10-/m0/s1. The number of hydrogen-bond acceptors (Lipinski definition) is 4. The number of hydrazine groups is 1. The van der Waals surface area contributed by atoms with Gasteiger partial charge in [0.15, 0.2) is 12.3 Å². The van der Waals surface area contributed by atoms with Crippen LogP contribution in [0.2, 0.25) is 0 Å². The van der Waals surface area contributed by atoms with E-state index in [0.29, 0.717) is 11.5 Å². The number of nitrogens with zero attached hydrogens (tertiary/aromatic N) is 2. The molecule has 0 aliphatic carbocycles. The molecule has 4 heterocycles. The lowest BCUT2D eigenvalue weighted by molar-refractivity contribution is 0.0545. The van der Waals surface area contributed by atoms with Gasteiger partial charge in [0.25, 0.3) is 0 Å². The summed E-state index contributed by atoms with van der Waals surface area (Å²) >= 11 is 0. The van der Waals surface area contributed by atoms with Crippen molar-refractivity contribution >= 4 is 12.1 Å². The molecule has 2 N–H and O–H groups in total. The van der Waals surface area contributed by atoms with Gasteiger partial charge in [-0.05, 0) is 24.3 Å². The smallest absolute Gasteiger partial charge is 0.340 e. The Morgan fingerprint density at radius 1 is 0.850 bits per heavy atom. The van der Waals surface area contributed by atoms with E-state index in [0.717, 1.165) is 0 Å². The molecule has 2 fully saturated rings. The second-order valence-corrected chi connectivity index (χ2v) is 4.42. The quantitative estimate of drug-likeness (QED) is 0.868. The zero-order valence-corrected chi connectivity index (χ0v) is 10.1. The molecule has 20 heavy (non-hydrogen) atoms. The zero-order chi connectivity index (χ0) is 13.7. The SMILES string of the molecule is O=C1N[C@H](c2ccco2)N2C(=O)N[C@H](c3ccco3)N12. The van der Waals surface area contributed by atoms with E-state index in [9.17, 15) is 9.59 Å². The van der Waals surface area contributed by atoms with E-state index in [4.69, 9.17) is 8.83 Å². The zero-order valence-electron chi connectivity index (χ0n) is 10.1. The molecule has 2 aromatic heterocycles. The highest BCUT2D eigenvalue weighted by molar-refractivity contribution is 5.87. The van der Waals surface area contributed by atoms with Crippen molar-refractivity contribution in [1.29, 1.82) is 0 Å². The van der Waals surface area contributed by atoms with Crippen molar-refractivity contribution in [1.82, 2.24) is 20.7 Å². The van der Waals surface area contributed by atoms with Crippen LogP contribution in [0.1, 0.15) is 23.9 Å². The summed E-state index contributed by atoms with van der Waals surface area (Å²) in [6.45, 7) is 0. The molecule has 2 aliphatic rings. The molecule has 4 amide bonds. The van der Waals surface area contributed by atoms with Gasteiger partial charge in [-0.1, -0.05) is 0 Å². The van der Waals surface area contributed by atoms with Crippen LogP contribution in [0.25, 0.3) is 0 Å². The Labute approximate surface area is 112 Å². The molecular formula is C12H10N4O4. The normalized spacial score (nSPS) is 24.8. The molecule has 2 aliphatic heterocycles. The Morgan fingerprint density at radius 3 is 1.65 bits per heavy atom. The third-order valence-corrected chi connectivity index (χ3v) is 3.28. The van der Waals surface area contributed by atoms with Crippen molar-refractivity contribution in [2.75, 3.05) is 0 Å². The van der Waals surface area contributed by atoms with Gasteiger partial charge in [0, 0.05) is 0 Å². The largest absolute Gasteiger partial charge is 0.465 e. The Kier molecular flexibility index (Phi) is 2.08. The van der Waals surface area contributed by atoms with Crippen LogP contribution in [0.4, 0.5) is 9.59 Å². The first kappa shape index (κ1) is 11.0. The van der Waals surface area contributed by atoms with Crippen molar-refractivity contribution in [2.24, 2.45) is 0 Å². The fraction of sp³-hybridized carbons (Fsp3) is 0.167. The molecule has 0 bridgehead atoms. The van der Waals surface area contributed by atoms with E-state index in [1.165, 1.54) is 22.5 Å². The average Bonchev–Trinajstić information content (AvgIpc) is 3.17. The van der Waals surface area contributed by atoms with Crippen molar-refractivity contribution in [2.45, 2.75) is 12.3 Å². The van der Waals surface area contributed by atoms with Crippen molar-refractivity contribution in [3.05, 3.63) is 48.3 Å². The highest BCUT2D eigenvalue weighted by atomic mass is 16.3. The van der Waals surface area contributed by atoms with Crippen LogP contribution < -0.4 is 10.6 Å². The van der Waals surface area contributed by atoms with Crippen LogP contribution in [-0.2, 0) is 0 Å². The van der Waals surface area contributed by atoms with Gasteiger partial charge in [-0.3, -0.25) is 0 Å². The highest BCUT2D eigenvalue weighted by Gasteiger charge is 2.52. The number of rotatable bonds is 2. The maximum Gasteiger partial charge on any atom is 0.340 e. The molecule has 0 aromatic carbocycles. The van der Waals surface area contributed by atoms with Crippen molar-refractivity contribution in [3.63, 3.8) is 0 Å². The second kappa shape index (κ2) is 3.80. The van der Waals surface area contributed by atoms with Gasteiger partial charge in [-0.25, -0.2) is 9.59 Å². The maximum atomic E-state index is 12.1. The lowest BCUT2D eigenvalue weighted by Crippen LogP contribution is -2.36. The predicted molar refractivity (Wildman–Crippen MR) is 63.6 cm³/mol. The number of nitrogens with one attached hydrogen (secondary N) is 2. The molecule has 0 radical (unpaired) electrons. The van der Waals surface area contributed by atoms with Gasteiger partial charge in [0.2, 0.25) is 0 Å². The van der Waals surface area contributed by atoms with E-state index in [1.807, 2.05) is 0 Å². The summed E-state index contributed by atoms with van der Waals surface area (Å²) in [5, 5.41) is 7.97. The first-order chi connectivity index (χ1) is 9.75. The molecule has 8 heteroatoms. The number of fused-ring (bicyclic) bond motifs is 1. The molecule has 8 nitrogen and oxygen atoms in total. The van der Waals surface area contributed by atoms with Crippen molar-refractivity contribution in [3.8, 4) is 0 Å². The molecule has 102 valence electrons. The number of furan rings is 2. The minimum Gasteiger partial charge on any atom is -0.465 e. The average molecular weight is 274 g/mol. The maximum absolute atomic E-state index is 12.1. The van der Waals surface area contributed by atoms with E-state index in [1.54, 1.807) is 24.3 Å². The summed E-state index contributed by atoms with van der Waals surface area (Å²) in [5.41, 5.74) is 0. The minimum absolute atomic E-state index is 0.397. The fourth-order valence-corrected chi connectivity index (χ4v) is 2.44. The summed E-state index contributed by atoms with van der Waals surface area (Å²) in [6.07, 6.45) is 1.67. The van der Waals surface area contributed by atoms with Gasteiger partial charge in [-0.15, -0.1) is 0 Å². The third-order valence-electron chi connectivity index (χ3n) is 3.28. The lowest BCUT2D eigenvalue weighted by Gasteiger charge is -2.21. The summed E-state index contributed by atoms with van der Waals surface area (Å²) in [5.74, 6) is 0.965. The van der Waals surface area contributed by atoms with Crippen LogP contribution >= 0.6 is 0 Å². The number of carbonyl (C=O) groups excluding carboxylic acids is 2. The molecule has 4 rings (SSSR count). The van der Waals surface area contributed by atoms with Gasteiger partial charge >= 0.3 is 12.1 Å². The second-order valence-electron chi connectivity index (χ2n) is 4.42. The van der Waals surface area contributed by atoms with Crippen LogP contribution in [0, 0.1) is 0 Å². The van der Waals surface area contributed by atoms with Crippen LogP contribution in [0.3, 0.4) is 0 Å². The van der Waals surface area contributed by atoms with E-state index >= 15 is 0 Å². The molecule has 0 unspecified atom stereocenters. The summed E-state index contributed by atoms with van der Waals surface area (Å²) in [4.78, 5) is 24.2. The number of hydrogen-bond donors (Lipinski definition) is 2. The Bertz CT molecular complexity index is 593. The van der Waals surface area contributed by atoms with Crippen LogP contribution in [0.15, 0.2) is 45.6 Å². The van der Waals surface area contributed by atoms with E-state index in [-0.39, 0.29) is 0 Å². The predicted octanol–water partition coefficient (Wildman–Crippen LogP) is 1.54. The first-order valence-electron chi connectivity index (χ1n) is 6.02. The molecular weight excluding hydrogens is 264 g/mol. The molecule has 2 atom stereocenters.